The van der Waals surface area contributed by atoms with Crippen LogP contribution in [0.15, 0.2) is 60.7 Å². The van der Waals surface area contributed by atoms with Crippen LogP contribution in [0.2, 0.25) is 0 Å². The van der Waals surface area contributed by atoms with Gasteiger partial charge in [0.1, 0.15) is 0 Å². The maximum absolute atomic E-state index is 8.15. The summed E-state index contributed by atoms with van der Waals surface area (Å²) in [5, 5.41) is 19.1. The summed E-state index contributed by atoms with van der Waals surface area (Å²) >= 11 is 0. The normalized spacial score (nSPS) is 18.7. The second-order valence-corrected chi connectivity index (χ2v) is 5.24. The summed E-state index contributed by atoms with van der Waals surface area (Å²) < 4.78 is 0. The van der Waals surface area contributed by atoms with Crippen molar-refractivity contribution in [1.82, 2.24) is 5.32 Å². The van der Waals surface area contributed by atoms with Gasteiger partial charge in [-0.3, -0.25) is 0 Å². The van der Waals surface area contributed by atoms with Gasteiger partial charge in [-0.1, -0.05) is 60.7 Å². The van der Waals surface area contributed by atoms with E-state index in [0.29, 0.717) is 13.1 Å². The summed E-state index contributed by atoms with van der Waals surface area (Å²) in [7, 11) is 0. The lowest BCUT2D eigenvalue weighted by atomic mass is 9.89. The third-order valence-electron chi connectivity index (χ3n) is 3.26. The van der Waals surface area contributed by atoms with Crippen LogP contribution in [-0.2, 0) is 0 Å². The molecule has 0 spiro atoms. The molecule has 0 heterocycles. The first-order valence-corrected chi connectivity index (χ1v) is 7.69. The van der Waals surface area contributed by atoms with Crippen LogP contribution in [0, 0.1) is 5.92 Å². The highest BCUT2D eigenvalue weighted by Crippen LogP contribution is 2.19. The van der Waals surface area contributed by atoms with E-state index in [9.17, 15) is 0 Å². The molecule has 1 aliphatic rings. The largest absolute Gasteiger partial charge is 0.395 e. The molecule has 1 atom stereocenters. The van der Waals surface area contributed by atoms with Crippen molar-refractivity contribution in [3.63, 3.8) is 0 Å². The maximum atomic E-state index is 8.15. The predicted octanol–water partition coefficient (Wildman–Crippen LogP) is 0.616. The highest BCUT2D eigenvalue weighted by Gasteiger charge is 2.25. The minimum absolute atomic E-state index is 0.0395. The molecule has 23 heavy (non-hydrogen) atoms. The minimum atomic E-state index is -0.778. The van der Waals surface area contributed by atoms with Crippen molar-refractivity contribution in [2.75, 3.05) is 26.3 Å². The smallest absolute Gasteiger partial charge is 0.0931 e. The monoisotopic (exact) mass is 317 g/mol. The van der Waals surface area contributed by atoms with Gasteiger partial charge >= 0.3 is 0 Å². The van der Waals surface area contributed by atoms with Crippen molar-refractivity contribution in [3.8, 4) is 0 Å². The molecular weight excluding hydrogens is 290 g/mol. The van der Waals surface area contributed by atoms with Crippen LogP contribution in [-0.4, -0.2) is 42.2 Å². The van der Waals surface area contributed by atoms with Crippen molar-refractivity contribution >= 4 is 6.08 Å². The number of nitrogens with one attached hydrogen (secondary N) is 1. The lowest BCUT2D eigenvalue weighted by Gasteiger charge is -2.28. The molecule has 0 amide bonds. The van der Waals surface area contributed by atoms with Crippen molar-refractivity contribution in [1.29, 1.82) is 0 Å². The molecule has 0 saturated carbocycles. The molecule has 0 saturated heterocycles. The minimum Gasteiger partial charge on any atom is -0.395 e. The van der Waals surface area contributed by atoms with Gasteiger partial charge in [-0.25, -0.2) is 0 Å². The Kier molecular flexibility index (Phi) is 9.12. The van der Waals surface area contributed by atoms with Crippen molar-refractivity contribution < 1.29 is 10.2 Å². The van der Waals surface area contributed by atoms with E-state index in [1.165, 1.54) is 0 Å². The molecule has 1 unspecified atom stereocenters. The third-order valence-corrected chi connectivity index (χ3v) is 3.26. The van der Waals surface area contributed by atoms with Gasteiger partial charge in [-0.05, 0) is 11.6 Å². The third kappa shape index (κ3) is 7.88. The molecule has 0 fully saturated rings. The lowest BCUT2D eigenvalue weighted by Crippen LogP contribution is -2.53. The van der Waals surface area contributed by atoms with Gasteiger partial charge in [-0.15, -0.1) is 0 Å². The number of rotatable bonds is 6. The van der Waals surface area contributed by atoms with E-state index in [1.54, 1.807) is 0 Å². The molecular formula is C18H27N3O2. The molecule has 1 aromatic rings. The van der Waals surface area contributed by atoms with E-state index in [-0.39, 0.29) is 19.1 Å². The number of aliphatic hydroxyl groups excluding tert-OH is 2. The number of hydrogen-bond donors (Lipinski definition) is 5. The summed E-state index contributed by atoms with van der Waals surface area (Å²) in [6.45, 7) is 1.42. The van der Waals surface area contributed by atoms with Crippen LogP contribution in [0.4, 0.5) is 0 Å². The number of benzene rings is 1. The van der Waals surface area contributed by atoms with Gasteiger partial charge in [0.2, 0.25) is 0 Å². The summed E-state index contributed by atoms with van der Waals surface area (Å²) in [6, 6.07) is 10.1. The zero-order valence-corrected chi connectivity index (χ0v) is 13.3. The number of aliphatic hydroxyl groups is 2. The quantitative estimate of drug-likeness (QED) is 0.391. The van der Waals surface area contributed by atoms with Gasteiger partial charge in [0.25, 0.3) is 0 Å². The van der Waals surface area contributed by atoms with Crippen LogP contribution in [0.5, 0.6) is 0 Å². The van der Waals surface area contributed by atoms with Gasteiger partial charge in [0.15, 0.2) is 0 Å². The summed E-state index contributed by atoms with van der Waals surface area (Å²) in [5.41, 5.74) is 12.3. The molecule has 126 valence electrons. The molecule has 5 heteroatoms. The van der Waals surface area contributed by atoms with Gasteiger partial charge < -0.3 is 27.0 Å². The zero-order valence-electron chi connectivity index (χ0n) is 13.3. The Balaban J connectivity index is 0.000000322. The average molecular weight is 317 g/mol. The van der Waals surface area contributed by atoms with Crippen LogP contribution in [0.25, 0.3) is 6.08 Å². The first-order chi connectivity index (χ1) is 11.1. The fourth-order valence-electron chi connectivity index (χ4n) is 1.98. The molecule has 0 bridgehead atoms. The molecule has 2 rings (SSSR count). The topological polar surface area (TPSA) is 105 Å². The molecule has 1 aliphatic carbocycles. The predicted molar refractivity (Wildman–Crippen MR) is 95.4 cm³/mol. The molecule has 0 aliphatic heterocycles. The Bertz CT molecular complexity index is 506. The Morgan fingerprint density at radius 1 is 1.04 bits per heavy atom. The highest BCUT2D eigenvalue weighted by molar-refractivity contribution is 5.50. The van der Waals surface area contributed by atoms with E-state index in [1.807, 2.05) is 66.8 Å². The fourth-order valence-corrected chi connectivity index (χ4v) is 1.98. The summed E-state index contributed by atoms with van der Waals surface area (Å²) in [4.78, 5) is 0. The standard InChI is InChI=1S/C14H16N2.C4H11NO2/c15-14(16)11-5-4-8-13(14)10-9-12-6-2-1-3-7-12;6-3-1-5-2-4-7/h1-11,13H,15-16H2;5-7H,1-4H2. The van der Waals surface area contributed by atoms with E-state index in [4.69, 9.17) is 21.7 Å². The van der Waals surface area contributed by atoms with E-state index >= 15 is 0 Å². The van der Waals surface area contributed by atoms with Crippen LogP contribution < -0.4 is 16.8 Å². The average Bonchev–Trinajstić information content (AvgIpc) is 2.56. The Labute approximate surface area is 138 Å². The first-order valence-electron chi connectivity index (χ1n) is 7.69. The van der Waals surface area contributed by atoms with E-state index in [2.05, 4.69) is 5.32 Å². The van der Waals surface area contributed by atoms with E-state index < -0.39 is 5.66 Å². The molecule has 5 nitrogen and oxygen atoms in total. The summed E-state index contributed by atoms with van der Waals surface area (Å²) in [6.07, 6.45) is 11.8. The van der Waals surface area contributed by atoms with Crippen LogP contribution >= 0.6 is 0 Å². The summed E-state index contributed by atoms with van der Waals surface area (Å²) in [5.74, 6) is 0.0395. The second kappa shape index (κ2) is 10.9. The maximum Gasteiger partial charge on any atom is 0.0931 e. The van der Waals surface area contributed by atoms with Crippen LogP contribution in [0.3, 0.4) is 0 Å². The Morgan fingerprint density at radius 3 is 2.26 bits per heavy atom. The van der Waals surface area contributed by atoms with Crippen molar-refractivity contribution in [3.05, 3.63) is 66.3 Å². The lowest BCUT2D eigenvalue weighted by molar-refractivity contribution is 0.266. The SMILES string of the molecule is NC1(N)C=CC=CC1C=Cc1ccccc1.OCCNCCO. The Morgan fingerprint density at radius 2 is 1.70 bits per heavy atom. The zero-order chi connectivity index (χ0) is 17.0. The fraction of sp³-hybridized carbons (Fsp3) is 0.333. The number of allylic oxidation sites excluding steroid dienone is 2. The second-order valence-electron chi connectivity index (χ2n) is 5.24. The van der Waals surface area contributed by atoms with E-state index in [0.717, 1.165) is 5.56 Å². The molecule has 0 aromatic heterocycles. The molecule has 0 radical (unpaired) electrons. The number of hydrogen-bond acceptors (Lipinski definition) is 5. The molecule has 1 aromatic carbocycles. The highest BCUT2D eigenvalue weighted by atomic mass is 16.3. The van der Waals surface area contributed by atoms with Gasteiger partial charge in [-0.2, -0.15) is 0 Å². The number of nitrogens with two attached hydrogens (primary N) is 2. The van der Waals surface area contributed by atoms with Crippen molar-refractivity contribution in [2.45, 2.75) is 5.66 Å². The molecule has 7 N–H and O–H groups in total. The van der Waals surface area contributed by atoms with Gasteiger partial charge in [0.05, 0.1) is 18.9 Å². The van der Waals surface area contributed by atoms with Gasteiger partial charge in [0, 0.05) is 19.0 Å². The van der Waals surface area contributed by atoms with Crippen molar-refractivity contribution in [2.24, 2.45) is 17.4 Å². The van der Waals surface area contributed by atoms with Crippen LogP contribution in [0.1, 0.15) is 5.56 Å². The Hall–Kier alpha value is -1.76. The first kappa shape index (κ1) is 19.3.